The number of nitrogens with zero attached hydrogens (tertiary/aromatic N) is 2. The molecular weight excluding hydrogens is 256 g/mol. The highest BCUT2D eigenvalue weighted by atomic mass is 35.5. The van der Waals surface area contributed by atoms with E-state index in [1.54, 1.807) is 0 Å². The molecule has 0 atom stereocenters. The standard InChI is InChI=1S/C12H15ClN2O3/c13-10-6-8(12(17)18)7-14-11(10)15(4-5-16)9-2-1-3-9/h6-7,9,16H,1-5H2,(H,17,18). The first-order valence-corrected chi connectivity index (χ1v) is 6.27. The number of pyridine rings is 1. The monoisotopic (exact) mass is 270 g/mol. The van der Waals surface area contributed by atoms with Crippen LogP contribution in [0.4, 0.5) is 5.82 Å². The maximum Gasteiger partial charge on any atom is 0.337 e. The summed E-state index contributed by atoms with van der Waals surface area (Å²) in [6.07, 6.45) is 4.57. The predicted octanol–water partition coefficient (Wildman–Crippen LogP) is 1.78. The van der Waals surface area contributed by atoms with E-state index in [9.17, 15) is 4.79 Å². The molecule has 0 saturated heterocycles. The molecule has 0 spiro atoms. The molecule has 98 valence electrons. The van der Waals surface area contributed by atoms with E-state index in [2.05, 4.69) is 4.98 Å². The van der Waals surface area contributed by atoms with Crippen LogP contribution in [-0.4, -0.2) is 40.4 Å². The fourth-order valence-electron chi connectivity index (χ4n) is 2.03. The molecule has 0 aromatic carbocycles. The van der Waals surface area contributed by atoms with Gasteiger partial charge in [-0.25, -0.2) is 9.78 Å². The fraction of sp³-hybridized carbons (Fsp3) is 0.500. The van der Waals surface area contributed by atoms with Crippen molar-refractivity contribution in [1.82, 2.24) is 4.98 Å². The summed E-state index contributed by atoms with van der Waals surface area (Å²) in [6.45, 7) is 0.485. The summed E-state index contributed by atoms with van der Waals surface area (Å²) in [7, 11) is 0. The normalized spacial score (nSPS) is 15.2. The number of carboxylic acid groups (broad SMARTS) is 1. The summed E-state index contributed by atoms with van der Waals surface area (Å²) in [5.41, 5.74) is 0.0707. The van der Waals surface area contributed by atoms with Gasteiger partial charge >= 0.3 is 5.97 Å². The van der Waals surface area contributed by atoms with E-state index < -0.39 is 5.97 Å². The van der Waals surface area contributed by atoms with E-state index in [0.29, 0.717) is 23.4 Å². The van der Waals surface area contributed by atoms with Gasteiger partial charge in [0, 0.05) is 18.8 Å². The van der Waals surface area contributed by atoms with Crippen molar-refractivity contribution in [1.29, 1.82) is 0 Å². The largest absolute Gasteiger partial charge is 0.478 e. The minimum absolute atomic E-state index is 0.0230. The van der Waals surface area contributed by atoms with Crippen LogP contribution in [0.1, 0.15) is 29.6 Å². The Bertz CT molecular complexity index is 449. The second-order valence-electron chi connectivity index (χ2n) is 4.34. The lowest BCUT2D eigenvalue weighted by molar-refractivity contribution is 0.0696. The van der Waals surface area contributed by atoms with Crippen LogP contribution < -0.4 is 4.90 Å². The molecule has 0 aliphatic heterocycles. The summed E-state index contributed by atoms with van der Waals surface area (Å²) in [5.74, 6) is -0.492. The molecule has 0 radical (unpaired) electrons. The smallest absolute Gasteiger partial charge is 0.337 e. The Morgan fingerprint density at radius 2 is 2.28 bits per heavy atom. The van der Waals surface area contributed by atoms with Crippen LogP contribution in [0, 0.1) is 0 Å². The van der Waals surface area contributed by atoms with Gasteiger partial charge in [-0.2, -0.15) is 0 Å². The molecule has 18 heavy (non-hydrogen) atoms. The molecule has 1 fully saturated rings. The summed E-state index contributed by atoms with van der Waals surface area (Å²) >= 11 is 6.08. The zero-order chi connectivity index (χ0) is 13.1. The molecule has 6 heteroatoms. The molecular formula is C12H15ClN2O3. The molecule has 0 bridgehead atoms. The topological polar surface area (TPSA) is 73.7 Å². The Kier molecular flexibility index (Phi) is 4.04. The van der Waals surface area contributed by atoms with Crippen molar-refractivity contribution in [3.8, 4) is 0 Å². The number of halogens is 1. The number of carboxylic acids is 1. The van der Waals surface area contributed by atoms with Crippen molar-refractivity contribution in [3.05, 3.63) is 22.8 Å². The van der Waals surface area contributed by atoms with Gasteiger partial charge in [0.15, 0.2) is 0 Å². The summed E-state index contributed by atoms with van der Waals surface area (Å²) < 4.78 is 0. The Morgan fingerprint density at radius 3 is 2.72 bits per heavy atom. The zero-order valence-electron chi connectivity index (χ0n) is 9.84. The van der Waals surface area contributed by atoms with E-state index in [1.807, 2.05) is 4.90 Å². The van der Waals surface area contributed by atoms with Crippen molar-refractivity contribution in [2.75, 3.05) is 18.1 Å². The van der Waals surface area contributed by atoms with Crippen molar-refractivity contribution in [2.24, 2.45) is 0 Å². The van der Waals surface area contributed by atoms with Crippen LogP contribution in [0.25, 0.3) is 0 Å². The minimum atomic E-state index is -1.05. The van der Waals surface area contributed by atoms with E-state index in [0.717, 1.165) is 19.3 Å². The maximum atomic E-state index is 10.8. The molecule has 1 heterocycles. The lowest BCUT2D eigenvalue weighted by Crippen LogP contribution is -2.42. The highest BCUT2D eigenvalue weighted by molar-refractivity contribution is 6.33. The predicted molar refractivity (Wildman–Crippen MR) is 68.3 cm³/mol. The number of aliphatic hydroxyl groups excluding tert-OH is 1. The van der Waals surface area contributed by atoms with Crippen LogP contribution >= 0.6 is 11.6 Å². The lowest BCUT2D eigenvalue weighted by Gasteiger charge is -2.38. The van der Waals surface area contributed by atoms with Crippen LogP contribution in [0.5, 0.6) is 0 Å². The van der Waals surface area contributed by atoms with Gasteiger partial charge in [-0.1, -0.05) is 11.6 Å². The van der Waals surface area contributed by atoms with E-state index in [-0.39, 0.29) is 12.2 Å². The fourth-order valence-corrected chi connectivity index (χ4v) is 2.30. The SMILES string of the molecule is O=C(O)c1cnc(N(CCO)C2CCC2)c(Cl)c1. The average molecular weight is 271 g/mol. The first-order valence-electron chi connectivity index (χ1n) is 5.90. The number of aromatic carboxylic acids is 1. The summed E-state index contributed by atoms with van der Waals surface area (Å²) in [4.78, 5) is 16.9. The van der Waals surface area contributed by atoms with Crippen LogP contribution in [0.3, 0.4) is 0 Å². The van der Waals surface area contributed by atoms with Crippen LogP contribution in [0.2, 0.25) is 5.02 Å². The minimum Gasteiger partial charge on any atom is -0.478 e. The third kappa shape index (κ3) is 2.57. The highest BCUT2D eigenvalue weighted by Crippen LogP contribution is 2.32. The van der Waals surface area contributed by atoms with E-state index in [4.69, 9.17) is 21.8 Å². The van der Waals surface area contributed by atoms with Crippen molar-refractivity contribution >= 4 is 23.4 Å². The summed E-state index contributed by atoms with van der Waals surface area (Å²) in [5, 5.41) is 18.3. The molecule has 1 aliphatic rings. The quantitative estimate of drug-likeness (QED) is 0.853. The number of hydrogen-bond donors (Lipinski definition) is 2. The van der Waals surface area contributed by atoms with Gasteiger partial charge in [-0.05, 0) is 25.3 Å². The van der Waals surface area contributed by atoms with Crippen LogP contribution in [-0.2, 0) is 0 Å². The first kappa shape index (κ1) is 13.1. The third-order valence-corrected chi connectivity index (χ3v) is 3.48. The first-order chi connectivity index (χ1) is 8.63. The molecule has 1 aliphatic carbocycles. The highest BCUT2D eigenvalue weighted by Gasteiger charge is 2.27. The maximum absolute atomic E-state index is 10.8. The van der Waals surface area contributed by atoms with Gasteiger partial charge in [0.2, 0.25) is 0 Å². The van der Waals surface area contributed by atoms with Gasteiger partial charge in [0.25, 0.3) is 0 Å². The molecule has 0 amide bonds. The lowest BCUT2D eigenvalue weighted by atomic mass is 9.91. The zero-order valence-corrected chi connectivity index (χ0v) is 10.6. The van der Waals surface area contributed by atoms with E-state index >= 15 is 0 Å². The Labute approximate surface area is 110 Å². The molecule has 2 N–H and O–H groups in total. The molecule has 5 nitrogen and oxygen atoms in total. The van der Waals surface area contributed by atoms with Gasteiger partial charge in [0.1, 0.15) is 5.82 Å². The second kappa shape index (κ2) is 5.54. The Balaban J connectivity index is 2.26. The number of hydrogen-bond acceptors (Lipinski definition) is 4. The molecule has 0 unspecified atom stereocenters. The number of carbonyl (C=O) groups is 1. The second-order valence-corrected chi connectivity index (χ2v) is 4.74. The van der Waals surface area contributed by atoms with Crippen molar-refractivity contribution < 1.29 is 15.0 Å². The molecule has 1 aromatic rings. The van der Waals surface area contributed by atoms with Crippen molar-refractivity contribution in [3.63, 3.8) is 0 Å². The molecule has 2 rings (SSSR count). The van der Waals surface area contributed by atoms with E-state index in [1.165, 1.54) is 12.3 Å². The Hall–Kier alpha value is -1.33. The van der Waals surface area contributed by atoms with Crippen molar-refractivity contribution in [2.45, 2.75) is 25.3 Å². The number of rotatable bonds is 5. The third-order valence-electron chi connectivity index (χ3n) is 3.20. The number of aliphatic hydroxyl groups is 1. The average Bonchev–Trinajstić information content (AvgIpc) is 2.26. The van der Waals surface area contributed by atoms with Crippen LogP contribution in [0.15, 0.2) is 12.3 Å². The summed E-state index contributed by atoms with van der Waals surface area (Å²) in [6, 6.07) is 1.74. The number of anilines is 1. The van der Waals surface area contributed by atoms with Gasteiger partial charge in [-0.15, -0.1) is 0 Å². The molecule has 1 saturated carbocycles. The Morgan fingerprint density at radius 1 is 1.56 bits per heavy atom. The van der Waals surface area contributed by atoms with Gasteiger partial charge in [-0.3, -0.25) is 0 Å². The van der Waals surface area contributed by atoms with Gasteiger partial charge in [0.05, 0.1) is 17.2 Å². The molecule has 1 aromatic heterocycles. The number of aromatic nitrogens is 1. The van der Waals surface area contributed by atoms with Gasteiger partial charge < -0.3 is 15.1 Å².